The molecule has 0 atom stereocenters. The van der Waals surface area contributed by atoms with Crippen molar-refractivity contribution in [1.82, 2.24) is 19.8 Å². The smallest absolute Gasteiger partial charge is 0.293 e. The Hall–Kier alpha value is -3.76. The van der Waals surface area contributed by atoms with Crippen molar-refractivity contribution >= 4 is 17.4 Å². The van der Waals surface area contributed by atoms with Gasteiger partial charge < -0.3 is 0 Å². The maximum atomic E-state index is 13.9. The molecule has 1 amide bonds. The highest BCUT2D eigenvalue weighted by molar-refractivity contribution is 5.92. The van der Waals surface area contributed by atoms with Crippen LogP contribution in [0.5, 0.6) is 0 Å². The Morgan fingerprint density at radius 2 is 1.74 bits per heavy atom. The Morgan fingerprint density at radius 3 is 2.30 bits per heavy atom. The molecule has 0 N–H and O–H groups in total. The summed E-state index contributed by atoms with van der Waals surface area (Å²) in [6, 6.07) is 7.87. The van der Waals surface area contributed by atoms with Crippen LogP contribution in [-0.4, -0.2) is 32.4 Å². The number of carbonyl (C=O) groups excluding carboxylic acids is 1. The highest BCUT2D eigenvalue weighted by atomic mass is 19.1. The first-order chi connectivity index (χ1) is 13.0. The lowest BCUT2D eigenvalue weighted by Gasteiger charge is -2.19. The van der Waals surface area contributed by atoms with Crippen LogP contribution in [0, 0.1) is 16.5 Å². The topological polar surface area (TPSA) is 102 Å². The van der Waals surface area contributed by atoms with Gasteiger partial charge >= 0.3 is 11.7 Å². The molecule has 0 aliphatic rings. The standard InChI is InChI=1S/C16H12F2N6O3/c1-2-22(11-8-6-10(19-27)7-9-11)15(25)24-16(26)23(20-21-24)14-12(17)4-3-5-13(14)18/h3-9H,2H2,1H3. The Balaban J connectivity index is 2.01. The second-order valence-corrected chi connectivity index (χ2v) is 5.29. The predicted molar refractivity (Wildman–Crippen MR) is 91.2 cm³/mol. The Kier molecular flexibility index (Phi) is 4.83. The van der Waals surface area contributed by atoms with E-state index < -0.39 is 29.0 Å². The summed E-state index contributed by atoms with van der Waals surface area (Å²) in [5, 5.41) is 9.59. The number of rotatable bonds is 4. The van der Waals surface area contributed by atoms with Crippen molar-refractivity contribution in [2.75, 3.05) is 11.4 Å². The molecule has 9 nitrogen and oxygen atoms in total. The lowest BCUT2D eigenvalue weighted by molar-refractivity contribution is 0.244. The molecule has 0 spiro atoms. The van der Waals surface area contributed by atoms with Gasteiger partial charge in [-0.15, -0.1) is 9.59 Å². The number of nitroso groups, excluding NO2 is 1. The summed E-state index contributed by atoms with van der Waals surface area (Å²) in [5.74, 6) is -2.05. The van der Waals surface area contributed by atoms with Crippen molar-refractivity contribution < 1.29 is 13.6 Å². The highest BCUT2D eigenvalue weighted by Crippen LogP contribution is 2.20. The molecule has 2 aromatic carbocycles. The first kappa shape index (κ1) is 18.0. The fourth-order valence-electron chi connectivity index (χ4n) is 2.43. The number of anilines is 1. The van der Waals surface area contributed by atoms with Crippen LogP contribution >= 0.6 is 0 Å². The van der Waals surface area contributed by atoms with Crippen molar-refractivity contribution in [3.05, 3.63) is 69.5 Å². The van der Waals surface area contributed by atoms with Crippen LogP contribution < -0.4 is 10.6 Å². The number of para-hydroxylation sites is 1. The number of halogens is 2. The molecule has 1 aromatic heterocycles. The minimum atomic E-state index is -1.13. The summed E-state index contributed by atoms with van der Waals surface area (Å²) in [7, 11) is 0. The molecule has 0 aliphatic heterocycles. The van der Waals surface area contributed by atoms with Crippen molar-refractivity contribution in [3.8, 4) is 5.69 Å². The normalized spacial score (nSPS) is 10.6. The first-order valence-corrected chi connectivity index (χ1v) is 7.72. The molecule has 138 valence electrons. The maximum absolute atomic E-state index is 13.9. The van der Waals surface area contributed by atoms with Gasteiger partial charge in [0.25, 0.3) is 0 Å². The molecule has 0 unspecified atom stereocenters. The summed E-state index contributed by atoms with van der Waals surface area (Å²) in [6.07, 6.45) is 0. The SMILES string of the molecule is CCN(C(=O)n1nnn(-c2c(F)cccc2F)c1=O)c1ccc(N=O)cc1. The van der Waals surface area contributed by atoms with Crippen LogP contribution in [0.1, 0.15) is 6.92 Å². The van der Waals surface area contributed by atoms with E-state index >= 15 is 0 Å². The molecule has 11 heteroatoms. The van der Waals surface area contributed by atoms with E-state index in [2.05, 4.69) is 15.6 Å². The fraction of sp³-hybridized carbons (Fsp3) is 0.125. The van der Waals surface area contributed by atoms with Gasteiger partial charge in [0.2, 0.25) is 0 Å². The van der Waals surface area contributed by atoms with E-state index in [-0.39, 0.29) is 12.2 Å². The zero-order chi connectivity index (χ0) is 19.6. The van der Waals surface area contributed by atoms with Crippen LogP contribution in [0.4, 0.5) is 25.0 Å². The van der Waals surface area contributed by atoms with E-state index in [1.54, 1.807) is 6.92 Å². The molecular formula is C16H12F2N6O3. The number of amides is 1. The minimum Gasteiger partial charge on any atom is -0.293 e. The minimum absolute atomic E-state index is 0.153. The number of benzene rings is 2. The van der Waals surface area contributed by atoms with Gasteiger partial charge in [-0.25, -0.2) is 18.4 Å². The van der Waals surface area contributed by atoms with Crippen molar-refractivity contribution in [2.45, 2.75) is 6.92 Å². The van der Waals surface area contributed by atoms with Crippen LogP contribution in [0.3, 0.4) is 0 Å². The molecular weight excluding hydrogens is 362 g/mol. The van der Waals surface area contributed by atoms with Gasteiger partial charge in [-0.1, -0.05) is 6.07 Å². The molecule has 3 aromatic rings. The maximum Gasteiger partial charge on any atom is 0.377 e. The van der Waals surface area contributed by atoms with Gasteiger partial charge in [-0.2, -0.15) is 4.68 Å². The van der Waals surface area contributed by atoms with Crippen LogP contribution in [0.25, 0.3) is 5.69 Å². The van der Waals surface area contributed by atoms with E-state index in [1.165, 1.54) is 29.2 Å². The average Bonchev–Trinajstić information content (AvgIpc) is 3.04. The number of hydrogen-bond acceptors (Lipinski definition) is 6. The number of tetrazole rings is 1. The van der Waals surface area contributed by atoms with Gasteiger partial charge in [0.1, 0.15) is 11.4 Å². The number of carbonyl (C=O) groups is 1. The molecule has 0 fully saturated rings. The summed E-state index contributed by atoms with van der Waals surface area (Å²) >= 11 is 0. The molecule has 0 bridgehead atoms. The second-order valence-electron chi connectivity index (χ2n) is 5.29. The van der Waals surface area contributed by atoms with Crippen molar-refractivity contribution in [3.63, 3.8) is 0 Å². The largest absolute Gasteiger partial charge is 0.377 e. The summed E-state index contributed by atoms with van der Waals surface area (Å²) in [5.41, 5.74) is -1.33. The van der Waals surface area contributed by atoms with E-state index in [4.69, 9.17) is 0 Å². The monoisotopic (exact) mass is 374 g/mol. The van der Waals surface area contributed by atoms with Gasteiger partial charge in [0.15, 0.2) is 11.6 Å². The zero-order valence-corrected chi connectivity index (χ0v) is 13.9. The second kappa shape index (κ2) is 7.23. The number of aromatic nitrogens is 4. The molecule has 27 heavy (non-hydrogen) atoms. The fourth-order valence-corrected chi connectivity index (χ4v) is 2.43. The van der Waals surface area contributed by atoms with Crippen molar-refractivity contribution in [2.24, 2.45) is 5.18 Å². The highest BCUT2D eigenvalue weighted by Gasteiger charge is 2.24. The van der Waals surface area contributed by atoms with Gasteiger partial charge in [0.05, 0.1) is 0 Å². The Morgan fingerprint density at radius 1 is 1.11 bits per heavy atom. The number of hydrogen-bond donors (Lipinski definition) is 0. The third-order valence-electron chi connectivity index (χ3n) is 3.73. The van der Waals surface area contributed by atoms with Gasteiger partial charge in [0, 0.05) is 12.2 Å². The van der Waals surface area contributed by atoms with Crippen LogP contribution in [-0.2, 0) is 0 Å². The summed E-state index contributed by atoms with van der Waals surface area (Å²) < 4.78 is 28.5. The number of nitrogens with zero attached hydrogens (tertiary/aromatic N) is 6. The predicted octanol–water partition coefficient (Wildman–Crippen LogP) is 2.60. The Bertz CT molecular complexity index is 1040. The van der Waals surface area contributed by atoms with Gasteiger partial charge in [-0.3, -0.25) is 4.90 Å². The molecule has 1 heterocycles. The third-order valence-corrected chi connectivity index (χ3v) is 3.73. The zero-order valence-electron chi connectivity index (χ0n) is 13.9. The molecule has 0 radical (unpaired) electrons. The quantitative estimate of drug-likeness (QED) is 0.516. The van der Waals surface area contributed by atoms with E-state index in [0.717, 1.165) is 18.2 Å². The molecule has 0 saturated heterocycles. The van der Waals surface area contributed by atoms with E-state index in [0.29, 0.717) is 15.1 Å². The molecule has 0 aliphatic carbocycles. The molecule has 3 rings (SSSR count). The van der Waals surface area contributed by atoms with E-state index in [9.17, 15) is 23.3 Å². The summed E-state index contributed by atoms with van der Waals surface area (Å²) in [6.45, 7) is 1.80. The van der Waals surface area contributed by atoms with Crippen molar-refractivity contribution in [1.29, 1.82) is 0 Å². The van der Waals surface area contributed by atoms with Crippen LogP contribution in [0.2, 0.25) is 0 Å². The molecule has 0 saturated carbocycles. The van der Waals surface area contributed by atoms with Crippen LogP contribution in [0.15, 0.2) is 52.4 Å². The van der Waals surface area contributed by atoms with E-state index in [1.807, 2.05) is 0 Å². The Labute approximate surface area is 150 Å². The van der Waals surface area contributed by atoms with Gasteiger partial charge in [-0.05, 0) is 58.9 Å². The lowest BCUT2D eigenvalue weighted by atomic mass is 10.2. The lowest BCUT2D eigenvalue weighted by Crippen LogP contribution is -2.41. The summed E-state index contributed by atoms with van der Waals surface area (Å²) in [4.78, 5) is 36.8. The first-order valence-electron chi connectivity index (χ1n) is 7.72. The third kappa shape index (κ3) is 3.21. The average molecular weight is 374 g/mol.